The number of halogens is 1. The van der Waals surface area contributed by atoms with Crippen LogP contribution in [0.4, 0.5) is 0 Å². The maximum absolute atomic E-state index is 11.8. The fourth-order valence-electron chi connectivity index (χ4n) is 1.36. The predicted octanol–water partition coefficient (Wildman–Crippen LogP) is -0.861. The van der Waals surface area contributed by atoms with Gasteiger partial charge in [0, 0.05) is 0 Å². The van der Waals surface area contributed by atoms with Gasteiger partial charge >= 0.3 is 0 Å². The van der Waals surface area contributed by atoms with Crippen LogP contribution in [-0.4, -0.2) is 32.3 Å². The molecule has 0 aliphatic carbocycles. The minimum Gasteiger partial charge on any atom is -0.298 e. The number of H-pyrrole nitrogens is 1. The Labute approximate surface area is 104 Å². The van der Waals surface area contributed by atoms with E-state index < -0.39 is 11.8 Å². The molecule has 4 N–H and O–H groups in total. The second-order valence-corrected chi connectivity index (χ2v) is 3.32. The fourth-order valence-corrected chi connectivity index (χ4v) is 1.36. The molecular formula is C8H15ClN6O2. The quantitative estimate of drug-likeness (QED) is 0.265. The van der Waals surface area contributed by atoms with E-state index in [0.717, 1.165) is 6.42 Å². The van der Waals surface area contributed by atoms with Crippen molar-refractivity contribution in [3.8, 4) is 0 Å². The van der Waals surface area contributed by atoms with E-state index in [1.807, 2.05) is 12.3 Å². The summed E-state index contributed by atoms with van der Waals surface area (Å²) in [7, 11) is 0. The molecule has 1 atom stereocenters. The zero-order valence-electron chi connectivity index (χ0n) is 9.34. The Morgan fingerprint density at radius 1 is 1.53 bits per heavy atom. The summed E-state index contributed by atoms with van der Waals surface area (Å²) in [6.07, 6.45) is 1.16. The fraction of sp³-hybridized carbons (Fsp3) is 0.625. The summed E-state index contributed by atoms with van der Waals surface area (Å²) in [5.41, 5.74) is 1.99. The lowest BCUT2D eigenvalue weighted by molar-refractivity contribution is -0.134. The van der Waals surface area contributed by atoms with Crippen molar-refractivity contribution in [2.45, 2.75) is 26.2 Å². The van der Waals surface area contributed by atoms with Gasteiger partial charge in [0.15, 0.2) is 11.6 Å². The Balaban J connectivity index is 0.00000256. The second kappa shape index (κ2) is 7.69. The van der Waals surface area contributed by atoms with Crippen molar-refractivity contribution in [2.75, 3.05) is 0 Å². The largest absolute Gasteiger partial charge is 0.298 e. The summed E-state index contributed by atoms with van der Waals surface area (Å²) < 4.78 is 0. The molecule has 0 spiro atoms. The maximum Gasteiger partial charge on any atom is 0.244 e. The van der Waals surface area contributed by atoms with E-state index in [-0.39, 0.29) is 30.4 Å². The van der Waals surface area contributed by atoms with Crippen molar-refractivity contribution < 1.29 is 9.59 Å². The first-order chi connectivity index (χ1) is 7.69. The number of ketones is 1. The first kappa shape index (κ1) is 15.5. The number of tetrazole rings is 1. The van der Waals surface area contributed by atoms with E-state index in [0.29, 0.717) is 6.42 Å². The van der Waals surface area contributed by atoms with E-state index in [4.69, 9.17) is 5.84 Å². The lowest BCUT2D eigenvalue weighted by Crippen LogP contribution is -2.40. The van der Waals surface area contributed by atoms with Crippen molar-refractivity contribution >= 4 is 24.1 Å². The summed E-state index contributed by atoms with van der Waals surface area (Å²) in [6, 6.07) is 0. The van der Waals surface area contributed by atoms with Crippen molar-refractivity contribution in [3.63, 3.8) is 0 Å². The smallest absolute Gasteiger partial charge is 0.244 e. The van der Waals surface area contributed by atoms with Gasteiger partial charge in [-0.15, -0.1) is 22.6 Å². The molecule has 0 saturated carbocycles. The number of Topliss-reactive ketones (excluding diaryl/α,β-unsaturated/α-hetero) is 1. The van der Waals surface area contributed by atoms with Crippen LogP contribution in [0.2, 0.25) is 0 Å². The minimum absolute atomic E-state index is 0. The van der Waals surface area contributed by atoms with Crippen molar-refractivity contribution in [1.29, 1.82) is 0 Å². The highest BCUT2D eigenvalue weighted by Crippen LogP contribution is 2.10. The van der Waals surface area contributed by atoms with Gasteiger partial charge in [0.25, 0.3) is 0 Å². The highest BCUT2D eigenvalue weighted by molar-refractivity contribution is 6.01. The number of hydrogen-bond donors (Lipinski definition) is 3. The molecule has 1 rings (SSSR count). The number of carbonyl (C=O) groups is 2. The monoisotopic (exact) mass is 262 g/mol. The molecule has 0 fully saturated rings. The van der Waals surface area contributed by atoms with Gasteiger partial charge in [0.1, 0.15) is 0 Å². The third-order valence-electron chi connectivity index (χ3n) is 2.15. The van der Waals surface area contributed by atoms with Gasteiger partial charge in [-0.2, -0.15) is 5.21 Å². The molecule has 0 aromatic carbocycles. The molecule has 1 aromatic heterocycles. The number of nitrogens with one attached hydrogen (secondary N) is 2. The molecule has 0 saturated heterocycles. The van der Waals surface area contributed by atoms with Crippen LogP contribution in [-0.2, 0) is 16.0 Å². The number of aromatic nitrogens is 4. The molecular weight excluding hydrogens is 248 g/mol. The van der Waals surface area contributed by atoms with Crippen LogP contribution in [0.15, 0.2) is 0 Å². The van der Waals surface area contributed by atoms with Gasteiger partial charge in [-0.3, -0.25) is 15.0 Å². The molecule has 0 aliphatic rings. The average molecular weight is 263 g/mol. The SMILES string of the molecule is CCCC(C(=O)Cc1nn[nH]n1)C(=O)NN.Cl. The molecule has 9 heteroatoms. The topological polar surface area (TPSA) is 127 Å². The molecule has 0 radical (unpaired) electrons. The zero-order chi connectivity index (χ0) is 12.0. The number of rotatable bonds is 6. The van der Waals surface area contributed by atoms with Gasteiger partial charge in [0.2, 0.25) is 5.91 Å². The van der Waals surface area contributed by atoms with Gasteiger partial charge in [-0.05, 0) is 6.42 Å². The number of amides is 1. The number of hydrazine groups is 1. The van der Waals surface area contributed by atoms with Gasteiger partial charge < -0.3 is 0 Å². The van der Waals surface area contributed by atoms with Crippen LogP contribution in [0.3, 0.4) is 0 Å². The molecule has 96 valence electrons. The number of carbonyl (C=O) groups excluding carboxylic acids is 2. The molecule has 0 bridgehead atoms. The van der Waals surface area contributed by atoms with E-state index in [9.17, 15) is 9.59 Å². The summed E-state index contributed by atoms with van der Waals surface area (Å²) in [6.45, 7) is 1.89. The van der Waals surface area contributed by atoms with Crippen LogP contribution in [0.5, 0.6) is 0 Å². The van der Waals surface area contributed by atoms with E-state index in [2.05, 4.69) is 20.6 Å². The maximum atomic E-state index is 11.8. The van der Waals surface area contributed by atoms with E-state index >= 15 is 0 Å². The molecule has 1 heterocycles. The van der Waals surface area contributed by atoms with Crippen LogP contribution in [0.25, 0.3) is 0 Å². The lowest BCUT2D eigenvalue weighted by atomic mass is 9.95. The van der Waals surface area contributed by atoms with Gasteiger partial charge in [-0.25, -0.2) is 5.84 Å². The number of hydrogen-bond acceptors (Lipinski definition) is 6. The van der Waals surface area contributed by atoms with E-state index in [1.165, 1.54) is 0 Å². The Morgan fingerprint density at radius 3 is 2.71 bits per heavy atom. The molecule has 1 amide bonds. The summed E-state index contributed by atoms with van der Waals surface area (Å²) in [5.74, 6) is 3.81. The lowest BCUT2D eigenvalue weighted by Gasteiger charge is -2.11. The van der Waals surface area contributed by atoms with Gasteiger partial charge in [0.05, 0.1) is 12.3 Å². The summed E-state index contributed by atoms with van der Waals surface area (Å²) in [5, 5.41) is 12.9. The summed E-state index contributed by atoms with van der Waals surface area (Å²) >= 11 is 0. The number of nitrogens with zero attached hydrogens (tertiary/aromatic N) is 3. The van der Waals surface area contributed by atoms with Crippen LogP contribution >= 0.6 is 12.4 Å². The minimum atomic E-state index is -0.742. The van der Waals surface area contributed by atoms with Gasteiger partial charge in [-0.1, -0.05) is 18.6 Å². The van der Waals surface area contributed by atoms with Crippen molar-refractivity contribution in [2.24, 2.45) is 11.8 Å². The third-order valence-corrected chi connectivity index (χ3v) is 2.15. The highest BCUT2D eigenvalue weighted by Gasteiger charge is 2.25. The van der Waals surface area contributed by atoms with Crippen molar-refractivity contribution in [3.05, 3.63) is 5.82 Å². The molecule has 17 heavy (non-hydrogen) atoms. The Morgan fingerprint density at radius 2 is 2.24 bits per heavy atom. The average Bonchev–Trinajstić information content (AvgIpc) is 2.77. The van der Waals surface area contributed by atoms with Crippen LogP contribution < -0.4 is 11.3 Å². The molecule has 0 aliphatic heterocycles. The third kappa shape index (κ3) is 4.45. The van der Waals surface area contributed by atoms with Crippen LogP contribution in [0, 0.1) is 5.92 Å². The Hall–Kier alpha value is -1.54. The van der Waals surface area contributed by atoms with Crippen molar-refractivity contribution in [1.82, 2.24) is 26.0 Å². The zero-order valence-corrected chi connectivity index (χ0v) is 10.2. The summed E-state index contributed by atoms with van der Waals surface area (Å²) in [4.78, 5) is 23.1. The van der Waals surface area contributed by atoms with Crippen LogP contribution in [0.1, 0.15) is 25.6 Å². The molecule has 1 unspecified atom stereocenters. The Kier molecular flexibility index (Phi) is 6.99. The standard InChI is InChI=1S/C8H14N6O2.ClH/c1-2-3-5(8(16)10-9)6(15)4-7-11-13-14-12-7;/h5H,2-4,9H2,1H3,(H,10,16)(H,11,12,13,14);1H. The van der Waals surface area contributed by atoms with E-state index in [1.54, 1.807) is 0 Å². The highest BCUT2D eigenvalue weighted by atomic mass is 35.5. The number of aromatic amines is 1. The molecule has 8 nitrogen and oxygen atoms in total. The first-order valence-corrected chi connectivity index (χ1v) is 4.94. The first-order valence-electron chi connectivity index (χ1n) is 4.94. The number of nitrogens with two attached hydrogens (primary N) is 1. The molecule has 1 aromatic rings. The normalized spacial score (nSPS) is 11.4. The second-order valence-electron chi connectivity index (χ2n) is 3.32. The predicted molar refractivity (Wildman–Crippen MR) is 60.9 cm³/mol. The Bertz CT molecular complexity index is 355.